The van der Waals surface area contributed by atoms with E-state index in [-0.39, 0.29) is 17.4 Å². The van der Waals surface area contributed by atoms with Crippen LogP contribution >= 0.6 is 0 Å². The summed E-state index contributed by atoms with van der Waals surface area (Å²) in [5.41, 5.74) is 8.83. The van der Waals surface area contributed by atoms with Crippen molar-refractivity contribution in [3.8, 4) is 11.5 Å². The molecule has 1 amide bonds. The van der Waals surface area contributed by atoms with Crippen LogP contribution in [0, 0.1) is 6.92 Å². The van der Waals surface area contributed by atoms with Crippen molar-refractivity contribution in [1.82, 2.24) is 4.90 Å². The first kappa shape index (κ1) is 17.3. The van der Waals surface area contributed by atoms with Crippen LogP contribution in [0.3, 0.4) is 0 Å². The molecule has 3 rings (SSSR count). The molecule has 1 heterocycles. The van der Waals surface area contributed by atoms with Crippen LogP contribution in [0.5, 0.6) is 11.5 Å². The van der Waals surface area contributed by atoms with Gasteiger partial charge in [-0.3, -0.25) is 4.79 Å². The molecule has 1 fully saturated rings. The van der Waals surface area contributed by atoms with Gasteiger partial charge in [0.2, 0.25) is 0 Å². The third-order valence-corrected chi connectivity index (χ3v) is 5.04. The lowest BCUT2D eigenvalue weighted by atomic mass is 9.88. The summed E-state index contributed by atoms with van der Waals surface area (Å²) < 4.78 is 0. The molecule has 132 valence electrons. The monoisotopic (exact) mass is 340 g/mol. The normalized spacial score (nSPS) is 15.4. The average Bonchev–Trinajstić information content (AvgIpc) is 2.65. The number of amides is 1. The van der Waals surface area contributed by atoms with Gasteiger partial charge < -0.3 is 20.8 Å². The number of aromatic hydroxyl groups is 2. The van der Waals surface area contributed by atoms with Gasteiger partial charge in [-0.15, -0.1) is 0 Å². The van der Waals surface area contributed by atoms with E-state index in [1.54, 1.807) is 11.8 Å². The molecule has 0 unspecified atom stereocenters. The van der Waals surface area contributed by atoms with E-state index in [0.717, 1.165) is 18.4 Å². The Hall–Kier alpha value is -2.53. The van der Waals surface area contributed by atoms with Crippen LogP contribution in [0.2, 0.25) is 0 Å². The van der Waals surface area contributed by atoms with Crippen LogP contribution in [0.4, 0.5) is 0 Å². The molecule has 1 aliphatic heterocycles. The van der Waals surface area contributed by atoms with Gasteiger partial charge >= 0.3 is 0 Å². The smallest absolute Gasteiger partial charge is 0.254 e. The summed E-state index contributed by atoms with van der Waals surface area (Å²) in [7, 11) is 0. The van der Waals surface area contributed by atoms with Gasteiger partial charge in [-0.2, -0.15) is 0 Å². The Morgan fingerprint density at radius 3 is 2.40 bits per heavy atom. The lowest BCUT2D eigenvalue weighted by Crippen LogP contribution is -2.37. The fourth-order valence-electron chi connectivity index (χ4n) is 3.38. The summed E-state index contributed by atoms with van der Waals surface area (Å²) in [6.07, 6.45) is 1.78. The second-order valence-corrected chi connectivity index (χ2v) is 6.66. The van der Waals surface area contributed by atoms with Gasteiger partial charge in [0, 0.05) is 30.8 Å². The number of piperidine rings is 1. The van der Waals surface area contributed by atoms with Crippen molar-refractivity contribution < 1.29 is 15.0 Å². The van der Waals surface area contributed by atoms with Gasteiger partial charge in [-0.05, 0) is 48.9 Å². The second kappa shape index (κ2) is 7.15. The van der Waals surface area contributed by atoms with Gasteiger partial charge in [0.15, 0.2) is 0 Å². The van der Waals surface area contributed by atoms with Crippen molar-refractivity contribution in [3.63, 3.8) is 0 Å². The minimum absolute atomic E-state index is 0.0585. The minimum atomic E-state index is -0.153. The van der Waals surface area contributed by atoms with Crippen LogP contribution in [-0.2, 0) is 6.54 Å². The van der Waals surface area contributed by atoms with E-state index in [9.17, 15) is 15.0 Å². The Bertz CT molecular complexity index is 757. The summed E-state index contributed by atoms with van der Waals surface area (Å²) in [4.78, 5) is 14.4. The Kier molecular flexibility index (Phi) is 4.95. The lowest BCUT2D eigenvalue weighted by Gasteiger charge is -2.32. The minimum Gasteiger partial charge on any atom is -0.508 e. The summed E-state index contributed by atoms with van der Waals surface area (Å²) in [5, 5.41) is 19.7. The summed E-state index contributed by atoms with van der Waals surface area (Å²) >= 11 is 0. The van der Waals surface area contributed by atoms with Crippen LogP contribution < -0.4 is 5.73 Å². The van der Waals surface area contributed by atoms with Crippen molar-refractivity contribution in [3.05, 3.63) is 58.7 Å². The first-order chi connectivity index (χ1) is 12.0. The van der Waals surface area contributed by atoms with Gasteiger partial charge in [0.05, 0.1) is 0 Å². The maximum absolute atomic E-state index is 12.6. The molecule has 2 aromatic carbocycles. The Balaban J connectivity index is 1.68. The molecule has 0 spiro atoms. The maximum Gasteiger partial charge on any atom is 0.254 e. The van der Waals surface area contributed by atoms with Gasteiger partial charge in [0.25, 0.3) is 5.91 Å². The number of phenols is 2. The molecular formula is C20H24N2O3. The Labute approximate surface area is 147 Å². The lowest BCUT2D eigenvalue weighted by molar-refractivity contribution is 0.0712. The predicted molar refractivity (Wildman–Crippen MR) is 96.7 cm³/mol. The molecule has 5 heteroatoms. The highest BCUT2D eigenvalue weighted by Gasteiger charge is 2.25. The highest BCUT2D eigenvalue weighted by molar-refractivity contribution is 5.95. The van der Waals surface area contributed by atoms with E-state index in [2.05, 4.69) is 12.1 Å². The number of hydrogen-bond acceptors (Lipinski definition) is 4. The van der Waals surface area contributed by atoms with E-state index in [1.807, 2.05) is 12.1 Å². The predicted octanol–water partition coefficient (Wildman–Crippen LogP) is 2.88. The van der Waals surface area contributed by atoms with Gasteiger partial charge in [-0.1, -0.05) is 24.3 Å². The van der Waals surface area contributed by atoms with Crippen LogP contribution in [0.1, 0.15) is 45.8 Å². The zero-order valence-electron chi connectivity index (χ0n) is 14.4. The average molecular weight is 340 g/mol. The summed E-state index contributed by atoms with van der Waals surface area (Å²) in [5.74, 6) is 0.156. The van der Waals surface area contributed by atoms with Crippen LogP contribution in [-0.4, -0.2) is 34.1 Å². The van der Waals surface area contributed by atoms with Crippen molar-refractivity contribution >= 4 is 5.91 Å². The van der Waals surface area contributed by atoms with E-state index in [1.165, 1.54) is 17.7 Å². The molecule has 0 saturated carbocycles. The molecule has 2 aromatic rings. The van der Waals surface area contributed by atoms with Crippen LogP contribution in [0.15, 0.2) is 36.4 Å². The number of likely N-dealkylation sites (tertiary alicyclic amines) is 1. The molecule has 4 N–H and O–H groups in total. The SMILES string of the molecule is Cc1c(O)cc(C(=O)N2CCC(c3cccc(CN)c3)CC2)cc1O. The van der Waals surface area contributed by atoms with Gasteiger partial charge in [-0.25, -0.2) is 0 Å². The molecule has 0 aromatic heterocycles. The summed E-state index contributed by atoms with van der Waals surface area (Å²) in [6, 6.07) is 11.2. The van der Waals surface area contributed by atoms with Crippen LogP contribution in [0.25, 0.3) is 0 Å². The Morgan fingerprint density at radius 1 is 1.16 bits per heavy atom. The molecule has 1 saturated heterocycles. The zero-order valence-corrected chi connectivity index (χ0v) is 14.4. The van der Waals surface area contributed by atoms with E-state index in [4.69, 9.17) is 5.73 Å². The Morgan fingerprint density at radius 2 is 1.80 bits per heavy atom. The molecule has 1 aliphatic rings. The van der Waals surface area contributed by atoms with E-state index < -0.39 is 0 Å². The highest BCUT2D eigenvalue weighted by Crippen LogP contribution is 2.31. The largest absolute Gasteiger partial charge is 0.508 e. The van der Waals surface area contributed by atoms with Crippen molar-refractivity contribution in [1.29, 1.82) is 0 Å². The first-order valence-corrected chi connectivity index (χ1v) is 8.60. The molecule has 0 atom stereocenters. The van der Waals surface area contributed by atoms with E-state index in [0.29, 0.717) is 36.7 Å². The number of carbonyl (C=O) groups excluding carboxylic acids is 1. The van der Waals surface area contributed by atoms with E-state index >= 15 is 0 Å². The summed E-state index contributed by atoms with van der Waals surface area (Å²) in [6.45, 7) is 3.46. The third kappa shape index (κ3) is 3.61. The fraction of sp³-hybridized carbons (Fsp3) is 0.350. The number of carbonyl (C=O) groups is 1. The molecule has 0 radical (unpaired) electrons. The standard InChI is InChI=1S/C20H24N2O3/c1-13-18(23)10-17(11-19(13)24)20(25)22-7-5-15(6-8-22)16-4-2-3-14(9-16)12-21/h2-4,9-11,15,23-24H,5-8,12,21H2,1H3. The number of benzene rings is 2. The molecule has 0 aliphatic carbocycles. The van der Waals surface area contributed by atoms with Crippen molar-refractivity contribution in [2.24, 2.45) is 5.73 Å². The maximum atomic E-state index is 12.6. The number of hydrogen-bond donors (Lipinski definition) is 3. The molecule has 0 bridgehead atoms. The van der Waals surface area contributed by atoms with Crippen molar-refractivity contribution in [2.75, 3.05) is 13.1 Å². The number of nitrogens with zero attached hydrogens (tertiary/aromatic N) is 1. The fourth-order valence-corrected chi connectivity index (χ4v) is 3.38. The molecular weight excluding hydrogens is 316 g/mol. The molecule has 5 nitrogen and oxygen atoms in total. The topological polar surface area (TPSA) is 86.8 Å². The third-order valence-electron chi connectivity index (χ3n) is 5.04. The van der Waals surface area contributed by atoms with Gasteiger partial charge in [0.1, 0.15) is 11.5 Å². The number of rotatable bonds is 3. The quantitative estimate of drug-likeness (QED) is 0.802. The second-order valence-electron chi connectivity index (χ2n) is 6.66. The number of phenolic OH excluding ortho intramolecular Hbond substituents is 2. The molecule has 25 heavy (non-hydrogen) atoms. The first-order valence-electron chi connectivity index (χ1n) is 8.60. The zero-order chi connectivity index (χ0) is 18.0. The highest BCUT2D eigenvalue weighted by atomic mass is 16.3. The van der Waals surface area contributed by atoms with Crippen molar-refractivity contribution in [2.45, 2.75) is 32.2 Å². The number of nitrogens with two attached hydrogens (primary N) is 1.